The first-order valence-corrected chi connectivity index (χ1v) is 7.57. The second kappa shape index (κ2) is 7.56. The molecule has 2 rings (SSSR count). The Morgan fingerprint density at radius 1 is 1.62 bits per heavy atom. The highest BCUT2D eigenvalue weighted by Gasteiger charge is 2.23. The molecule has 1 aromatic rings. The van der Waals surface area contributed by atoms with E-state index in [9.17, 15) is 4.79 Å². The van der Waals surface area contributed by atoms with Crippen molar-refractivity contribution in [3.05, 3.63) is 18.0 Å². The van der Waals surface area contributed by atoms with E-state index >= 15 is 0 Å². The van der Waals surface area contributed by atoms with Crippen LogP contribution in [0.4, 0.5) is 0 Å². The van der Waals surface area contributed by atoms with Crippen LogP contribution < -0.4 is 0 Å². The zero-order valence-corrected chi connectivity index (χ0v) is 13.1. The first kappa shape index (κ1) is 16.0. The summed E-state index contributed by atoms with van der Waals surface area (Å²) in [6, 6.07) is 2.49. The van der Waals surface area contributed by atoms with E-state index in [1.165, 1.54) is 7.11 Å². The normalized spacial score (nSPS) is 21.2. The number of carbonyl (C=O) groups is 1. The molecular formula is C15H25N3O3. The number of morpholine rings is 1. The number of hydrogen-bond donors (Lipinski definition) is 0. The number of esters is 1. The molecule has 118 valence electrons. The molecule has 0 bridgehead atoms. The van der Waals surface area contributed by atoms with Gasteiger partial charge < -0.3 is 9.47 Å². The predicted octanol–water partition coefficient (Wildman–Crippen LogP) is 1.62. The fourth-order valence-electron chi connectivity index (χ4n) is 2.44. The van der Waals surface area contributed by atoms with Crippen molar-refractivity contribution in [3.63, 3.8) is 0 Å². The third-order valence-electron chi connectivity index (χ3n) is 3.94. The molecule has 0 N–H and O–H groups in total. The molecule has 0 amide bonds. The molecule has 1 fully saturated rings. The molecule has 1 aliphatic heterocycles. The summed E-state index contributed by atoms with van der Waals surface area (Å²) in [5.41, 5.74) is 1.06. The quantitative estimate of drug-likeness (QED) is 0.746. The van der Waals surface area contributed by atoms with Crippen molar-refractivity contribution in [2.45, 2.75) is 45.4 Å². The molecule has 0 saturated carbocycles. The molecule has 2 atom stereocenters. The SMILES string of the molecule is CCC(C)n1ccc(CN2CCOC(CC(=O)OC)C2)n1. The molecule has 21 heavy (non-hydrogen) atoms. The standard InChI is InChI=1S/C15H25N3O3/c1-4-12(2)18-6-5-13(16-18)10-17-7-8-21-14(11-17)9-15(19)20-3/h5-6,12,14H,4,7-11H2,1-3H3. The summed E-state index contributed by atoms with van der Waals surface area (Å²) in [5, 5.41) is 4.62. The second-order valence-electron chi connectivity index (χ2n) is 5.55. The van der Waals surface area contributed by atoms with Crippen molar-refractivity contribution in [2.24, 2.45) is 0 Å². The molecule has 2 unspecified atom stereocenters. The molecule has 0 aliphatic carbocycles. The maximum Gasteiger partial charge on any atom is 0.308 e. The van der Waals surface area contributed by atoms with Crippen LogP contribution in [0.5, 0.6) is 0 Å². The first-order valence-electron chi connectivity index (χ1n) is 7.57. The van der Waals surface area contributed by atoms with Gasteiger partial charge in [0, 0.05) is 31.9 Å². The minimum atomic E-state index is -0.220. The number of nitrogens with zero attached hydrogens (tertiary/aromatic N) is 3. The number of ether oxygens (including phenoxy) is 2. The lowest BCUT2D eigenvalue weighted by Gasteiger charge is -2.31. The fourth-order valence-corrected chi connectivity index (χ4v) is 2.44. The summed E-state index contributed by atoms with van der Waals surface area (Å²) in [6.07, 6.45) is 3.34. The minimum absolute atomic E-state index is 0.0807. The topological polar surface area (TPSA) is 56.6 Å². The van der Waals surface area contributed by atoms with Crippen molar-refractivity contribution in [2.75, 3.05) is 26.8 Å². The van der Waals surface area contributed by atoms with Crippen molar-refractivity contribution < 1.29 is 14.3 Å². The molecular weight excluding hydrogens is 270 g/mol. The van der Waals surface area contributed by atoms with Crippen LogP contribution in [0.1, 0.15) is 38.4 Å². The average molecular weight is 295 g/mol. The van der Waals surface area contributed by atoms with E-state index in [1.54, 1.807) is 0 Å². The number of hydrogen-bond acceptors (Lipinski definition) is 5. The Labute approximate surface area is 126 Å². The summed E-state index contributed by atoms with van der Waals surface area (Å²) in [4.78, 5) is 13.6. The number of carbonyl (C=O) groups excluding carboxylic acids is 1. The van der Waals surface area contributed by atoms with Crippen LogP contribution in [-0.2, 0) is 20.8 Å². The Kier molecular flexibility index (Phi) is 5.76. The van der Waals surface area contributed by atoms with Gasteiger partial charge in [0.15, 0.2) is 0 Å². The van der Waals surface area contributed by atoms with Gasteiger partial charge in [-0.15, -0.1) is 0 Å². The monoisotopic (exact) mass is 295 g/mol. The lowest BCUT2D eigenvalue weighted by molar-refractivity contribution is -0.145. The van der Waals surface area contributed by atoms with Gasteiger partial charge in [0.1, 0.15) is 0 Å². The molecule has 1 aromatic heterocycles. The second-order valence-corrected chi connectivity index (χ2v) is 5.55. The predicted molar refractivity (Wildman–Crippen MR) is 78.9 cm³/mol. The zero-order chi connectivity index (χ0) is 15.2. The maximum atomic E-state index is 11.3. The van der Waals surface area contributed by atoms with E-state index in [0.717, 1.165) is 31.7 Å². The third kappa shape index (κ3) is 4.54. The van der Waals surface area contributed by atoms with Crippen molar-refractivity contribution in [1.82, 2.24) is 14.7 Å². The molecule has 0 radical (unpaired) electrons. The smallest absolute Gasteiger partial charge is 0.308 e. The molecule has 2 heterocycles. The number of rotatable bonds is 6. The first-order chi connectivity index (χ1) is 10.1. The summed E-state index contributed by atoms with van der Waals surface area (Å²) >= 11 is 0. The molecule has 6 heteroatoms. The third-order valence-corrected chi connectivity index (χ3v) is 3.94. The highest BCUT2D eigenvalue weighted by molar-refractivity contribution is 5.69. The van der Waals surface area contributed by atoms with Gasteiger partial charge in [-0.1, -0.05) is 6.92 Å². The van der Waals surface area contributed by atoms with Gasteiger partial charge in [0.2, 0.25) is 0 Å². The van der Waals surface area contributed by atoms with Crippen LogP contribution in [0.3, 0.4) is 0 Å². The Morgan fingerprint density at radius 2 is 2.43 bits per heavy atom. The van der Waals surface area contributed by atoms with Gasteiger partial charge >= 0.3 is 5.97 Å². The van der Waals surface area contributed by atoms with Crippen LogP contribution in [0.25, 0.3) is 0 Å². The lowest BCUT2D eigenvalue weighted by atomic mass is 10.2. The summed E-state index contributed by atoms with van der Waals surface area (Å²) < 4.78 is 12.3. The van der Waals surface area contributed by atoms with E-state index in [0.29, 0.717) is 19.1 Å². The van der Waals surface area contributed by atoms with E-state index in [2.05, 4.69) is 29.9 Å². The number of aromatic nitrogens is 2. The molecule has 6 nitrogen and oxygen atoms in total. The number of methoxy groups -OCH3 is 1. The van der Waals surface area contributed by atoms with E-state index in [1.807, 2.05) is 10.9 Å². The Hall–Kier alpha value is -1.40. The van der Waals surface area contributed by atoms with Gasteiger partial charge in [-0.05, 0) is 19.4 Å². The Bertz CT molecular complexity index is 461. The van der Waals surface area contributed by atoms with Crippen LogP contribution in [0.2, 0.25) is 0 Å². The van der Waals surface area contributed by atoms with Gasteiger partial charge in [0.05, 0.1) is 31.9 Å². The van der Waals surface area contributed by atoms with Gasteiger partial charge in [-0.25, -0.2) is 0 Å². The van der Waals surface area contributed by atoms with Gasteiger partial charge in [-0.3, -0.25) is 14.4 Å². The zero-order valence-electron chi connectivity index (χ0n) is 13.1. The summed E-state index contributed by atoms with van der Waals surface area (Å²) in [5.74, 6) is -0.220. The van der Waals surface area contributed by atoms with Gasteiger partial charge in [-0.2, -0.15) is 5.10 Å². The van der Waals surface area contributed by atoms with Crippen LogP contribution in [0.15, 0.2) is 12.3 Å². The highest BCUT2D eigenvalue weighted by Crippen LogP contribution is 2.14. The Balaban J connectivity index is 1.87. The van der Waals surface area contributed by atoms with Crippen LogP contribution in [0, 0.1) is 0 Å². The van der Waals surface area contributed by atoms with E-state index in [4.69, 9.17) is 9.47 Å². The average Bonchev–Trinajstić information content (AvgIpc) is 2.95. The molecule has 1 aliphatic rings. The van der Waals surface area contributed by atoms with E-state index in [-0.39, 0.29) is 12.1 Å². The molecule has 0 aromatic carbocycles. The van der Waals surface area contributed by atoms with Crippen molar-refractivity contribution in [3.8, 4) is 0 Å². The largest absolute Gasteiger partial charge is 0.469 e. The highest BCUT2D eigenvalue weighted by atomic mass is 16.5. The fraction of sp³-hybridized carbons (Fsp3) is 0.733. The van der Waals surface area contributed by atoms with Crippen LogP contribution >= 0.6 is 0 Å². The summed E-state index contributed by atoms with van der Waals surface area (Å²) in [7, 11) is 1.41. The molecule has 0 spiro atoms. The van der Waals surface area contributed by atoms with Crippen molar-refractivity contribution >= 4 is 5.97 Å². The van der Waals surface area contributed by atoms with E-state index < -0.39 is 0 Å². The lowest BCUT2D eigenvalue weighted by Crippen LogP contribution is -2.43. The van der Waals surface area contributed by atoms with Crippen molar-refractivity contribution in [1.29, 1.82) is 0 Å². The van der Waals surface area contributed by atoms with Crippen LogP contribution in [-0.4, -0.2) is 53.6 Å². The van der Waals surface area contributed by atoms with Gasteiger partial charge in [0.25, 0.3) is 0 Å². The maximum absolute atomic E-state index is 11.3. The molecule has 1 saturated heterocycles. The minimum Gasteiger partial charge on any atom is -0.469 e. The Morgan fingerprint density at radius 3 is 3.14 bits per heavy atom. The summed E-state index contributed by atoms with van der Waals surface area (Å²) in [6.45, 7) is 7.38.